The highest BCUT2D eigenvalue weighted by atomic mass is 16.2. The van der Waals surface area contributed by atoms with Crippen LogP contribution < -0.4 is 10.6 Å². The van der Waals surface area contributed by atoms with Crippen LogP contribution in [0, 0.1) is 0 Å². The molecule has 0 bridgehead atoms. The van der Waals surface area contributed by atoms with Crippen molar-refractivity contribution >= 4 is 23.2 Å². The molecule has 0 spiro atoms. The predicted molar refractivity (Wildman–Crippen MR) is 99.6 cm³/mol. The van der Waals surface area contributed by atoms with E-state index in [0.29, 0.717) is 24.0 Å². The Morgan fingerprint density at radius 1 is 1.00 bits per heavy atom. The third-order valence-electron chi connectivity index (χ3n) is 5.09. The van der Waals surface area contributed by atoms with Crippen molar-refractivity contribution < 1.29 is 9.59 Å². The summed E-state index contributed by atoms with van der Waals surface area (Å²) in [4.78, 5) is 28.5. The van der Waals surface area contributed by atoms with E-state index in [1.165, 1.54) is 32.9 Å². The first-order valence-corrected chi connectivity index (χ1v) is 9.24. The zero-order valence-electron chi connectivity index (χ0n) is 15.0. The summed E-state index contributed by atoms with van der Waals surface area (Å²) in [6, 6.07) is 7.98. The Hall–Kier alpha value is -1.92. The van der Waals surface area contributed by atoms with Crippen LogP contribution in [0.25, 0.3) is 0 Å². The van der Waals surface area contributed by atoms with Crippen molar-refractivity contribution in [1.29, 1.82) is 0 Å². The number of nitrogens with zero attached hydrogens (tertiary/aromatic N) is 2. The largest absolute Gasteiger partial charge is 0.325 e. The summed E-state index contributed by atoms with van der Waals surface area (Å²) in [7, 11) is 0. The van der Waals surface area contributed by atoms with Crippen molar-refractivity contribution in [3.05, 3.63) is 24.3 Å². The fourth-order valence-electron chi connectivity index (χ4n) is 3.83. The first-order chi connectivity index (χ1) is 12.1. The van der Waals surface area contributed by atoms with Gasteiger partial charge in [-0.05, 0) is 50.9 Å². The van der Waals surface area contributed by atoms with Crippen molar-refractivity contribution in [2.75, 3.05) is 43.4 Å². The number of carbonyl (C=O) groups excluding carboxylic acids is 2. The van der Waals surface area contributed by atoms with E-state index >= 15 is 0 Å². The molecule has 25 heavy (non-hydrogen) atoms. The highest BCUT2D eigenvalue weighted by Crippen LogP contribution is 2.22. The Bertz CT molecular complexity index is 605. The molecule has 0 unspecified atom stereocenters. The normalized spacial score (nSPS) is 19.7. The van der Waals surface area contributed by atoms with E-state index in [1.54, 1.807) is 6.07 Å². The zero-order chi connectivity index (χ0) is 17.6. The molecule has 6 nitrogen and oxygen atoms in total. The molecule has 0 aliphatic carbocycles. The molecule has 0 aromatic heterocycles. The van der Waals surface area contributed by atoms with Crippen LogP contribution in [0.1, 0.15) is 32.6 Å². The average Bonchev–Trinajstić information content (AvgIpc) is 3.11. The fraction of sp³-hybridized carbons (Fsp3) is 0.579. The number of piperidine rings is 1. The molecule has 136 valence electrons. The highest BCUT2D eigenvalue weighted by molar-refractivity contribution is 5.99. The van der Waals surface area contributed by atoms with Crippen molar-refractivity contribution in [3.8, 4) is 0 Å². The molecule has 1 aromatic carbocycles. The van der Waals surface area contributed by atoms with Crippen molar-refractivity contribution in [3.63, 3.8) is 0 Å². The molecule has 3 rings (SSSR count). The lowest BCUT2D eigenvalue weighted by Crippen LogP contribution is -2.45. The van der Waals surface area contributed by atoms with E-state index in [4.69, 9.17) is 0 Å². The van der Waals surface area contributed by atoms with Gasteiger partial charge >= 0.3 is 0 Å². The van der Waals surface area contributed by atoms with E-state index in [0.717, 1.165) is 25.9 Å². The minimum absolute atomic E-state index is 0.0302. The molecule has 1 aromatic rings. The van der Waals surface area contributed by atoms with Gasteiger partial charge in [-0.2, -0.15) is 0 Å². The molecule has 2 N–H and O–H groups in total. The molecule has 2 fully saturated rings. The minimum atomic E-state index is -0.148. The van der Waals surface area contributed by atoms with Gasteiger partial charge in [0.15, 0.2) is 0 Å². The number of amides is 2. The summed E-state index contributed by atoms with van der Waals surface area (Å²) in [5.41, 5.74) is 1.28. The Balaban J connectivity index is 1.48. The van der Waals surface area contributed by atoms with Crippen LogP contribution in [0.5, 0.6) is 0 Å². The van der Waals surface area contributed by atoms with Crippen LogP contribution in [0.15, 0.2) is 24.3 Å². The minimum Gasteiger partial charge on any atom is -0.325 e. The zero-order valence-corrected chi connectivity index (χ0v) is 15.0. The lowest BCUT2D eigenvalue weighted by molar-refractivity contribution is -0.118. The summed E-state index contributed by atoms with van der Waals surface area (Å²) in [6.45, 7) is 6.30. The van der Waals surface area contributed by atoms with E-state index in [-0.39, 0.29) is 11.8 Å². The number of nitrogens with one attached hydrogen (secondary N) is 2. The van der Waals surface area contributed by atoms with Crippen LogP contribution in [-0.4, -0.2) is 60.4 Å². The first-order valence-electron chi connectivity index (χ1n) is 9.24. The second-order valence-electron chi connectivity index (χ2n) is 7.03. The standard InChI is InChI=1S/C19H28N4O2/c1-15(24)20-17-6-2-3-7-18(17)21-19(25)14-22-12-8-16(9-13-22)23-10-4-5-11-23/h2-3,6-7,16H,4-5,8-14H2,1H3,(H,20,24)(H,21,25). The summed E-state index contributed by atoms with van der Waals surface area (Å²) in [5.74, 6) is -0.178. The molecule has 6 heteroatoms. The topological polar surface area (TPSA) is 64.7 Å². The van der Waals surface area contributed by atoms with Crippen molar-refractivity contribution in [1.82, 2.24) is 9.80 Å². The van der Waals surface area contributed by atoms with E-state index in [2.05, 4.69) is 20.4 Å². The van der Waals surface area contributed by atoms with Gasteiger partial charge in [0, 0.05) is 26.1 Å². The van der Waals surface area contributed by atoms with Crippen LogP contribution in [0.4, 0.5) is 11.4 Å². The fourth-order valence-corrected chi connectivity index (χ4v) is 3.83. The van der Waals surface area contributed by atoms with Gasteiger partial charge in [0.1, 0.15) is 0 Å². The number of hydrogen-bond donors (Lipinski definition) is 2. The summed E-state index contributed by atoms with van der Waals surface area (Å²) < 4.78 is 0. The molecule has 2 amide bonds. The number of carbonyl (C=O) groups is 2. The first kappa shape index (κ1) is 17.9. The van der Waals surface area contributed by atoms with Gasteiger partial charge in [0.05, 0.1) is 17.9 Å². The van der Waals surface area contributed by atoms with E-state index in [9.17, 15) is 9.59 Å². The number of para-hydroxylation sites is 2. The summed E-state index contributed by atoms with van der Waals surface area (Å²) in [5, 5.41) is 5.67. The van der Waals surface area contributed by atoms with Crippen LogP contribution in [-0.2, 0) is 9.59 Å². The summed E-state index contributed by atoms with van der Waals surface area (Å²) >= 11 is 0. The second kappa shape index (κ2) is 8.45. The number of hydrogen-bond acceptors (Lipinski definition) is 4. The summed E-state index contributed by atoms with van der Waals surface area (Å²) in [6.07, 6.45) is 4.96. The van der Waals surface area contributed by atoms with Gasteiger partial charge < -0.3 is 15.5 Å². The SMILES string of the molecule is CC(=O)Nc1ccccc1NC(=O)CN1CCC(N2CCCC2)CC1. The number of rotatable bonds is 5. The maximum Gasteiger partial charge on any atom is 0.238 e. The predicted octanol–water partition coefficient (Wildman–Crippen LogP) is 2.14. The van der Waals surface area contributed by atoms with Gasteiger partial charge in [-0.15, -0.1) is 0 Å². The molecule has 0 atom stereocenters. The quantitative estimate of drug-likeness (QED) is 0.859. The number of benzene rings is 1. The third-order valence-corrected chi connectivity index (χ3v) is 5.09. The Labute approximate surface area is 149 Å². The molecular weight excluding hydrogens is 316 g/mol. The van der Waals surface area contributed by atoms with Crippen LogP contribution in [0.2, 0.25) is 0 Å². The van der Waals surface area contributed by atoms with Crippen LogP contribution in [0.3, 0.4) is 0 Å². The van der Waals surface area contributed by atoms with Gasteiger partial charge in [-0.3, -0.25) is 14.5 Å². The van der Waals surface area contributed by atoms with Crippen molar-refractivity contribution in [2.24, 2.45) is 0 Å². The van der Waals surface area contributed by atoms with Gasteiger partial charge in [-0.1, -0.05) is 12.1 Å². The molecule has 2 heterocycles. The maximum atomic E-state index is 12.4. The molecule has 2 saturated heterocycles. The third kappa shape index (κ3) is 5.03. The average molecular weight is 344 g/mol. The van der Waals surface area contributed by atoms with Crippen LogP contribution >= 0.6 is 0 Å². The molecule has 0 saturated carbocycles. The monoisotopic (exact) mass is 344 g/mol. The van der Waals surface area contributed by atoms with E-state index in [1.807, 2.05) is 18.2 Å². The number of likely N-dealkylation sites (tertiary alicyclic amines) is 2. The lowest BCUT2D eigenvalue weighted by atomic mass is 10.0. The maximum absolute atomic E-state index is 12.4. The molecule has 0 radical (unpaired) electrons. The Morgan fingerprint density at radius 3 is 2.20 bits per heavy atom. The lowest BCUT2D eigenvalue weighted by Gasteiger charge is -2.36. The van der Waals surface area contributed by atoms with Gasteiger partial charge in [0.2, 0.25) is 11.8 Å². The molecule has 2 aliphatic heterocycles. The Morgan fingerprint density at radius 2 is 1.60 bits per heavy atom. The second-order valence-corrected chi connectivity index (χ2v) is 7.03. The van der Waals surface area contributed by atoms with Gasteiger partial charge in [-0.25, -0.2) is 0 Å². The van der Waals surface area contributed by atoms with E-state index < -0.39 is 0 Å². The number of anilines is 2. The Kier molecular flexibility index (Phi) is 6.04. The highest BCUT2D eigenvalue weighted by Gasteiger charge is 2.27. The smallest absolute Gasteiger partial charge is 0.238 e. The van der Waals surface area contributed by atoms with Gasteiger partial charge in [0.25, 0.3) is 0 Å². The molecule has 2 aliphatic rings. The molecular formula is C19H28N4O2. The van der Waals surface area contributed by atoms with Crippen molar-refractivity contribution in [2.45, 2.75) is 38.6 Å².